The second kappa shape index (κ2) is 11.4. The van der Waals surface area contributed by atoms with Crippen LogP contribution in [0.3, 0.4) is 0 Å². The van der Waals surface area contributed by atoms with Crippen molar-refractivity contribution in [2.24, 2.45) is 0 Å². The molecule has 2 heterocycles. The molecule has 11 heteroatoms. The van der Waals surface area contributed by atoms with Gasteiger partial charge < -0.3 is 10.1 Å². The number of aromatic nitrogens is 3. The van der Waals surface area contributed by atoms with Crippen molar-refractivity contribution in [1.29, 1.82) is 0 Å². The summed E-state index contributed by atoms with van der Waals surface area (Å²) < 4.78 is 35.7. The fourth-order valence-corrected chi connectivity index (χ4v) is 6.34. The lowest BCUT2D eigenvalue weighted by molar-refractivity contribution is 0.102. The molecule has 4 rings (SSSR count). The van der Waals surface area contributed by atoms with E-state index >= 15 is 0 Å². The number of unbranched alkanes of at least 4 members (excludes halogenated alkanes) is 1. The van der Waals surface area contributed by atoms with Gasteiger partial charge in [-0.15, -0.1) is 0 Å². The molecule has 0 atom stereocenters. The molecule has 196 valence electrons. The van der Waals surface area contributed by atoms with Crippen LogP contribution in [0.5, 0.6) is 5.75 Å². The van der Waals surface area contributed by atoms with Crippen molar-refractivity contribution in [3.8, 4) is 10.9 Å². The van der Waals surface area contributed by atoms with Crippen LogP contribution >= 0.6 is 11.3 Å². The third kappa shape index (κ3) is 5.68. The number of carbonyl (C=O) groups excluding carboxylic acids is 1. The lowest BCUT2D eigenvalue weighted by Crippen LogP contribution is -2.31. The smallest absolute Gasteiger partial charge is 0.256 e. The highest BCUT2D eigenvalue weighted by atomic mass is 32.2. The first-order valence-corrected chi connectivity index (χ1v) is 14.5. The molecule has 9 nitrogen and oxygen atoms in total. The number of para-hydroxylation sites is 1. The van der Waals surface area contributed by atoms with Gasteiger partial charge in [-0.25, -0.2) is 13.4 Å². The SMILES string of the molecule is CCCCN(CC)S(=O)(=O)c1ccc(C(=O)Nc2cc(C)nn2-c2nc3c(OCC)cccc3s2)cc1. The first-order valence-electron chi connectivity index (χ1n) is 12.3. The van der Waals surface area contributed by atoms with Gasteiger partial charge in [0.1, 0.15) is 17.1 Å². The summed E-state index contributed by atoms with van der Waals surface area (Å²) in [4.78, 5) is 17.9. The van der Waals surface area contributed by atoms with Crippen LogP contribution in [0.25, 0.3) is 15.3 Å². The summed E-state index contributed by atoms with van der Waals surface area (Å²) >= 11 is 1.44. The molecule has 0 bridgehead atoms. The van der Waals surface area contributed by atoms with Gasteiger partial charge in [-0.1, -0.05) is 37.7 Å². The average molecular weight is 542 g/mol. The van der Waals surface area contributed by atoms with Crippen molar-refractivity contribution in [3.63, 3.8) is 0 Å². The number of amides is 1. The lowest BCUT2D eigenvalue weighted by Gasteiger charge is -2.20. The highest BCUT2D eigenvalue weighted by molar-refractivity contribution is 7.89. The maximum atomic E-state index is 13.1. The third-order valence-electron chi connectivity index (χ3n) is 5.79. The maximum absolute atomic E-state index is 13.1. The van der Waals surface area contributed by atoms with Gasteiger partial charge in [0.2, 0.25) is 15.2 Å². The lowest BCUT2D eigenvalue weighted by atomic mass is 10.2. The molecule has 0 aliphatic rings. The molecule has 0 saturated carbocycles. The van der Waals surface area contributed by atoms with Crippen LogP contribution in [0.15, 0.2) is 53.4 Å². The molecule has 4 aromatic rings. The minimum absolute atomic E-state index is 0.169. The van der Waals surface area contributed by atoms with Crippen molar-refractivity contribution in [2.45, 2.75) is 45.4 Å². The van der Waals surface area contributed by atoms with E-state index in [1.165, 1.54) is 39.9 Å². The standard InChI is InChI=1S/C26H31N5O4S2/c1-5-8-16-30(6-2)37(33,34)20-14-12-19(13-15-20)25(32)27-23-17-18(4)29-31(23)26-28-24-21(35-7-3)10-9-11-22(24)36-26/h9-15,17H,5-8,16H2,1-4H3,(H,27,32). The van der Waals surface area contributed by atoms with Crippen LogP contribution < -0.4 is 10.1 Å². The molecular formula is C26H31N5O4S2. The van der Waals surface area contributed by atoms with E-state index in [2.05, 4.69) is 10.4 Å². The number of ether oxygens (including phenoxy) is 1. The van der Waals surface area contributed by atoms with E-state index in [9.17, 15) is 13.2 Å². The molecule has 2 aromatic heterocycles. The molecule has 2 aromatic carbocycles. The van der Waals surface area contributed by atoms with Gasteiger partial charge in [-0.05, 0) is 56.7 Å². The zero-order valence-corrected chi connectivity index (χ0v) is 23.0. The monoisotopic (exact) mass is 541 g/mol. The number of fused-ring (bicyclic) bond motifs is 1. The summed E-state index contributed by atoms with van der Waals surface area (Å²) in [7, 11) is -3.61. The number of nitrogens with zero attached hydrogens (tertiary/aromatic N) is 4. The molecule has 1 amide bonds. The number of aryl methyl sites for hydroxylation is 1. The zero-order chi connectivity index (χ0) is 26.6. The number of rotatable bonds is 11. The minimum Gasteiger partial charge on any atom is -0.492 e. The first kappa shape index (κ1) is 26.8. The van der Waals surface area contributed by atoms with Gasteiger partial charge in [0.25, 0.3) is 5.91 Å². The van der Waals surface area contributed by atoms with Crippen LogP contribution in [0.2, 0.25) is 0 Å². The second-order valence-electron chi connectivity index (χ2n) is 8.44. The Balaban J connectivity index is 1.57. The van der Waals surface area contributed by atoms with E-state index in [-0.39, 0.29) is 10.8 Å². The van der Waals surface area contributed by atoms with E-state index in [1.54, 1.807) is 10.7 Å². The Kier molecular flexibility index (Phi) is 8.25. The van der Waals surface area contributed by atoms with E-state index in [4.69, 9.17) is 9.72 Å². The van der Waals surface area contributed by atoms with Gasteiger partial charge in [0, 0.05) is 24.7 Å². The molecule has 0 fully saturated rings. The molecule has 0 saturated heterocycles. The normalized spacial score (nSPS) is 11.8. The Bertz CT molecular complexity index is 1490. The van der Waals surface area contributed by atoms with Crippen molar-refractivity contribution >= 4 is 43.3 Å². The fourth-order valence-electron chi connectivity index (χ4n) is 3.91. The third-order valence-corrected chi connectivity index (χ3v) is 8.78. The van der Waals surface area contributed by atoms with Gasteiger partial charge in [-0.2, -0.15) is 14.1 Å². The van der Waals surface area contributed by atoms with Gasteiger partial charge in [0.15, 0.2) is 0 Å². The van der Waals surface area contributed by atoms with Gasteiger partial charge in [0.05, 0.1) is 21.9 Å². The Morgan fingerprint density at radius 3 is 2.57 bits per heavy atom. The van der Waals surface area contributed by atoms with E-state index < -0.39 is 10.0 Å². The summed E-state index contributed by atoms with van der Waals surface area (Å²) in [5.74, 6) is 0.788. The van der Waals surface area contributed by atoms with Crippen LogP contribution in [-0.4, -0.2) is 53.1 Å². The number of sulfonamides is 1. The molecule has 0 radical (unpaired) electrons. The summed E-state index contributed by atoms with van der Waals surface area (Å²) in [5, 5.41) is 8.01. The van der Waals surface area contributed by atoms with Crippen molar-refractivity contribution in [1.82, 2.24) is 19.1 Å². The van der Waals surface area contributed by atoms with Crippen LogP contribution in [0.1, 0.15) is 49.7 Å². The average Bonchev–Trinajstić information content (AvgIpc) is 3.48. The number of benzene rings is 2. The van der Waals surface area contributed by atoms with Crippen molar-refractivity contribution < 1.29 is 17.9 Å². The number of hydrogen-bond donors (Lipinski definition) is 1. The van der Waals surface area contributed by atoms with Crippen LogP contribution in [0, 0.1) is 6.92 Å². The number of anilines is 1. The predicted molar refractivity (Wildman–Crippen MR) is 146 cm³/mol. The highest BCUT2D eigenvalue weighted by Crippen LogP contribution is 2.33. The number of nitrogens with one attached hydrogen (secondary N) is 1. The Labute approximate surface area is 221 Å². The molecule has 0 unspecified atom stereocenters. The number of carbonyl (C=O) groups is 1. The summed E-state index contributed by atoms with van der Waals surface area (Å²) in [6.07, 6.45) is 1.70. The summed E-state index contributed by atoms with van der Waals surface area (Å²) in [6, 6.07) is 13.5. The Morgan fingerprint density at radius 2 is 1.89 bits per heavy atom. The Hall–Kier alpha value is -3.28. The Morgan fingerprint density at radius 1 is 1.14 bits per heavy atom. The zero-order valence-electron chi connectivity index (χ0n) is 21.4. The largest absolute Gasteiger partial charge is 0.492 e. The van der Waals surface area contributed by atoms with Crippen molar-refractivity contribution in [2.75, 3.05) is 25.0 Å². The maximum Gasteiger partial charge on any atom is 0.256 e. The predicted octanol–water partition coefficient (Wildman–Crippen LogP) is 5.25. The highest BCUT2D eigenvalue weighted by Gasteiger charge is 2.23. The van der Waals surface area contributed by atoms with Gasteiger partial charge in [-0.3, -0.25) is 4.79 Å². The second-order valence-corrected chi connectivity index (χ2v) is 11.4. The van der Waals surface area contributed by atoms with E-state index in [0.717, 1.165) is 23.1 Å². The summed E-state index contributed by atoms with van der Waals surface area (Å²) in [6.45, 7) is 9.00. The topological polar surface area (TPSA) is 106 Å². The molecule has 0 aliphatic carbocycles. The van der Waals surface area contributed by atoms with Crippen LogP contribution in [0.4, 0.5) is 5.82 Å². The first-order chi connectivity index (χ1) is 17.8. The van der Waals surface area contributed by atoms with E-state index in [0.29, 0.717) is 47.7 Å². The summed E-state index contributed by atoms with van der Waals surface area (Å²) in [5.41, 5.74) is 1.79. The minimum atomic E-state index is -3.61. The van der Waals surface area contributed by atoms with Gasteiger partial charge >= 0.3 is 0 Å². The van der Waals surface area contributed by atoms with E-state index in [1.807, 2.05) is 45.9 Å². The molecule has 37 heavy (non-hydrogen) atoms. The fraction of sp³-hybridized carbons (Fsp3) is 0.346. The molecular weight excluding hydrogens is 510 g/mol. The number of thiazole rings is 1. The molecule has 1 N–H and O–H groups in total. The van der Waals surface area contributed by atoms with Crippen molar-refractivity contribution in [3.05, 3.63) is 59.8 Å². The molecule has 0 aliphatic heterocycles. The number of hydrogen-bond acceptors (Lipinski definition) is 7. The molecule has 0 spiro atoms. The quantitative estimate of drug-likeness (QED) is 0.278. The van der Waals surface area contributed by atoms with Crippen LogP contribution in [-0.2, 0) is 10.0 Å².